The third-order valence-electron chi connectivity index (χ3n) is 2.56. The van der Waals surface area contributed by atoms with Gasteiger partial charge >= 0.3 is 12.1 Å². The van der Waals surface area contributed by atoms with Crippen LogP contribution in [-0.4, -0.2) is 33.8 Å². The van der Waals surface area contributed by atoms with Gasteiger partial charge in [0, 0.05) is 0 Å². The van der Waals surface area contributed by atoms with E-state index in [4.69, 9.17) is 15.6 Å². The molecule has 0 aromatic rings. The van der Waals surface area contributed by atoms with Crippen LogP contribution in [0.1, 0.15) is 41.5 Å². The van der Waals surface area contributed by atoms with Gasteiger partial charge in [0.15, 0.2) is 0 Å². The lowest BCUT2D eigenvalue weighted by molar-refractivity contribution is -0.145. The first-order valence-corrected chi connectivity index (χ1v) is 5.33. The largest absolute Gasteiger partial charge is 0.480 e. The fourth-order valence-electron chi connectivity index (χ4n) is 0.956. The molecule has 0 aromatic carbocycles. The highest BCUT2D eigenvalue weighted by atomic mass is 16.6. The van der Waals surface area contributed by atoms with Crippen LogP contribution in [0.15, 0.2) is 0 Å². The van der Waals surface area contributed by atoms with E-state index in [2.05, 4.69) is 5.32 Å². The zero-order valence-corrected chi connectivity index (χ0v) is 11.2. The topological polar surface area (TPSA) is 102 Å². The van der Waals surface area contributed by atoms with Gasteiger partial charge in [0.05, 0.1) is 5.54 Å². The minimum absolute atomic E-state index is 0.644. The third-order valence-corrected chi connectivity index (χ3v) is 2.56. The molecule has 0 aliphatic heterocycles. The van der Waals surface area contributed by atoms with Crippen LogP contribution in [0.25, 0.3) is 0 Å². The Kier molecular flexibility index (Phi) is 4.18. The summed E-state index contributed by atoms with van der Waals surface area (Å²) in [6.07, 6.45) is -0.694. The van der Waals surface area contributed by atoms with Crippen molar-refractivity contribution in [1.29, 1.82) is 0 Å². The summed E-state index contributed by atoms with van der Waals surface area (Å²) in [5.74, 6) is -1.20. The summed E-state index contributed by atoms with van der Waals surface area (Å²) in [6, 6.07) is 0. The summed E-state index contributed by atoms with van der Waals surface area (Å²) in [5, 5.41) is 11.5. The molecule has 0 fully saturated rings. The first-order valence-electron chi connectivity index (χ1n) is 5.33. The maximum absolute atomic E-state index is 11.6. The number of carbonyl (C=O) groups is 2. The molecule has 0 heterocycles. The van der Waals surface area contributed by atoms with Gasteiger partial charge < -0.3 is 20.9 Å². The van der Waals surface area contributed by atoms with Crippen molar-refractivity contribution in [3.63, 3.8) is 0 Å². The average Bonchev–Trinajstić information content (AvgIpc) is 1.97. The van der Waals surface area contributed by atoms with Crippen LogP contribution in [-0.2, 0) is 9.53 Å². The lowest BCUT2D eigenvalue weighted by Gasteiger charge is -2.38. The molecule has 4 N–H and O–H groups in total. The quantitative estimate of drug-likeness (QED) is 0.692. The molecule has 6 nitrogen and oxygen atoms in total. The van der Waals surface area contributed by atoms with Gasteiger partial charge in [0.2, 0.25) is 0 Å². The Morgan fingerprint density at radius 3 is 1.82 bits per heavy atom. The summed E-state index contributed by atoms with van der Waals surface area (Å²) in [4.78, 5) is 22.6. The van der Waals surface area contributed by atoms with Gasteiger partial charge in [-0.15, -0.1) is 0 Å². The molecule has 17 heavy (non-hydrogen) atoms. The minimum atomic E-state index is -1.59. The molecule has 0 aliphatic rings. The number of amides is 1. The highest BCUT2D eigenvalue weighted by molar-refractivity contribution is 5.81. The Morgan fingerprint density at radius 1 is 1.12 bits per heavy atom. The van der Waals surface area contributed by atoms with Crippen LogP contribution in [0, 0.1) is 0 Å². The number of carboxylic acids is 1. The molecule has 0 rings (SSSR count). The monoisotopic (exact) mass is 246 g/mol. The second-order valence-electron chi connectivity index (χ2n) is 5.76. The fraction of sp³-hybridized carbons (Fsp3) is 0.818. The van der Waals surface area contributed by atoms with E-state index in [-0.39, 0.29) is 0 Å². The lowest BCUT2D eigenvalue weighted by atomic mass is 9.82. The highest BCUT2D eigenvalue weighted by Gasteiger charge is 2.46. The summed E-state index contributed by atoms with van der Waals surface area (Å²) >= 11 is 0. The summed E-state index contributed by atoms with van der Waals surface area (Å²) in [7, 11) is 0. The molecule has 0 bridgehead atoms. The van der Waals surface area contributed by atoms with Crippen molar-refractivity contribution in [2.75, 3.05) is 0 Å². The van der Waals surface area contributed by atoms with E-state index in [1.807, 2.05) is 0 Å². The molecule has 0 spiro atoms. The van der Waals surface area contributed by atoms with E-state index in [9.17, 15) is 9.59 Å². The second-order valence-corrected chi connectivity index (χ2v) is 5.76. The number of aliphatic carboxylic acids is 1. The predicted molar refractivity (Wildman–Crippen MR) is 63.7 cm³/mol. The lowest BCUT2D eigenvalue weighted by Crippen LogP contribution is -2.68. The van der Waals surface area contributed by atoms with E-state index >= 15 is 0 Å². The SMILES string of the molecule is CC(C)(C)OC(=O)NC(C)(C)[C@](C)(N)C(=O)O. The Balaban J connectivity index is 4.78. The van der Waals surface area contributed by atoms with Crippen molar-refractivity contribution < 1.29 is 19.4 Å². The number of nitrogens with two attached hydrogens (primary N) is 1. The zero-order chi connectivity index (χ0) is 14.1. The molecule has 100 valence electrons. The Labute approximate surface area is 102 Å². The van der Waals surface area contributed by atoms with E-state index in [1.165, 1.54) is 20.8 Å². The summed E-state index contributed by atoms with van der Waals surface area (Å²) < 4.78 is 5.05. The van der Waals surface area contributed by atoms with Crippen molar-refractivity contribution in [3.05, 3.63) is 0 Å². The maximum atomic E-state index is 11.6. The number of nitrogens with one attached hydrogen (secondary N) is 1. The van der Waals surface area contributed by atoms with E-state index in [1.54, 1.807) is 20.8 Å². The number of alkyl carbamates (subject to hydrolysis) is 1. The van der Waals surface area contributed by atoms with Gasteiger partial charge in [-0.1, -0.05) is 0 Å². The van der Waals surface area contributed by atoms with E-state index in [0.717, 1.165) is 0 Å². The van der Waals surface area contributed by atoms with Crippen LogP contribution in [0.3, 0.4) is 0 Å². The third kappa shape index (κ3) is 4.22. The molecule has 0 aromatic heterocycles. The smallest absolute Gasteiger partial charge is 0.408 e. The van der Waals surface area contributed by atoms with Crippen LogP contribution in [0.5, 0.6) is 0 Å². The van der Waals surface area contributed by atoms with Gasteiger partial charge in [-0.3, -0.25) is 4.79 Å². The Hall–Kier alpha value is -1.30. The van der Waals surface area contributed by atoms with E-state index in [0.29, 0.717) is 0 Å². The number of hydrogen-bond acceptors (Lipinski definition) is 4. The number of ether oxygens (including phenoxy) is 1. The summed E-state index contributed by atoms with van der Waals surface area (Å²) in [5.41, 5.74) is 2.30. The molecule has 1 atom stereocenters. The molecule has 0 saturated heterocycles. The van der Waals surface area contributed by atoms with Crippen molar-refractivity contribution >= 4 is 12.1 Å². The first-order chi connectivity index (χ1) is 7.29. The van der Waals surface area contributed by atoms with Gasteiger partial charge in [-0.25, -0.2) is 4.79 Å². The molecule has 0 aliphatic carbocycles. The molecule has 1 amide bonds. The van der Waals surface area contributed by atoms with Crippen molar-refractivity contribution in [2.24, 2.45) is 5.73 Å². The molecule has 0 unspecified atom stereocenters. The predicted octanol–water partition coefficient (Wildman–Crippen LogP) is 1.09. The second kappa shape index (κ2) is 4.52. The molecule has 0 saturated carbocycles. The minimum Gasteiger partial charge on any atom is -0.480 e. The normalized spacial score (nSPS) is 15.9. The number of carbonyl (C=O) groups excluding carboxylic acids is 1. The molecular formula is C11H22N2O4. The fourth-order valence-corrected chi connectivity index (χ4v) is 0.956. The maximum Gasteiger partial charge on any atom is 0.408 e. The van der Waals surface area contributed by atoms with E-state index < -0.39 is 28.7 Å². The number of hydrogen-bond donors (Lipinski definition) is 3. The van der Waals surface area contributed by atoms with Gasteiger partial charge in [0.1, 0.15) is 11.1 Å². The van der Waals surface area contributed by atoms with Crippen molar-refractivity contribution in [1.82, 2.24) is 5.32 Å². The van der Waals surface area contributed by atoms with Crippen LogP contribution in [0.4, 0.5) is 4.79 Å². The van der Waals surface area contributed by atoms with Crippen LogP contribution in [0.2, 0.25) is 0 Å². The van der Waals surface area contributed by atoms with Crippen LogP contribution < -0.4 is 11.1 Å². The summed E-state index contributed by atoms with van der Waals surface area (Å²) in [6.45, 7) is 9.57. The standard InChI is InChI=1S/C11H22N2O4/c1-9(2,3)17-8(16)13-10(4,5)11(6,12)7(14)15/h12H2,1-6H3,(H,13,16)(H,14,15)/t11-/m1/s1. The molecular weight excluding hydrogens is 224 g/mol. The zero-order valence-electron chi connectivity index (χ0n) is 11.2. The average molecular weight is 246 g/mol. The van der Waals surface area contributed by atoms with Gasteiger partial charge in [-0.2, -0.15) is 0 Å². The Bertz CT molecular complexity index is 316. The van der Waals surface area contributed by atoms with Gasteiger partial charge in [0.25, 0.3) is 0 Å². The number of rotatable bonds is 3. The van der Waals surface area contributed by atoms with Crippen molar-refractivity contribution in [2.45, 2.75) is 58.2 Å². The molecule has 6 heteroatoms. The highest BCUT2D eigenvalue weighted by Crippen LogP contribution is 2.20. The first kappa shape index (κ1) is 15.7. The Morgan fingerprint density at radius 2 is 1.53 bits per heavy atom. The van der Waals surface area contributed by atoms with Crippen LogP contribution >= 0.6 is 0 Å². The molecule has 0 radical (unpaired) electrons. The van der Waals surface area contributed by atoms with Crippen molar-refractivity contribution in [3.8, 4) is 0 Å². The van der Waals surface area contributed by atoms with Gasteiger partial charge in [-0.05, 0) is 41.5 Å². The number of carboxylic acid groups (broad SMARTS) is 1.